The Kier molecular flexibility index (Phi) is 4.62. The minimum absolute atomic E-state index is 0.100. The van der Waals surface area contributed by atoms with Crippen LogP contribution in [0.3, 0.4) is 0 Å². The van der Waals surface area contributed by atoms with Gasteiger partial charge in [0.25, 0.3) is 5.91 Å². The van der Waals surface area contributed by atoms with Gasteiger partial charge < -0.3 is 9.84 Å². The molecule has 128 valence electrons. The van der Waals surface area contributed by atoms with Crippen molar-refractivity contribution in [2.45, 2.75) is 6.54 Å². The predicted molar refractivity (Wildman–Crippen MR) is 103 cm³/mol. The molecule has 2 aromatic heterocycles. The summed E-state index contributed by atoms with van der Waals surface area (Å²) >= 11 is 1.41. The predicted octanol–water partition coefficient (Wildman–Crippen LogP) is 5.00. The number of carbonyl (C=O) groups is 1. The number of carbonyl (C=O) groups excluding carboxylic acids is 1. The number of nitrogens with zero attached hydrogens (tertiary/aromatic N) is 1. The summed E-state index contributed by atoms with van der Waals surface area (Å²) in [4.78, 5) is 12.7. The second-order valence-corrected chi connectivity index (χ2v) is 6.73. The summed E-state index contributed by atoms with van der Waals surface area (Å²) in [7, 11) is 0. The zero-order valence-corrected chi connectivity index (χ0v) is 14.7. The van der Waals surface area contributed by atoms with E-state index in [0.29, 0.717) is 22.9 Å². The lowest BCUT2D eigenvalue weighted by Gasteiger charge is -2.02. The lowest BCUT2D eigenvalue weighted by atomic mass is 10.0. The van der Waals surface area contributed by atoms with E-state index in [0.717, 1.165) is 11.1 Å². The van der Waals surface area contributed by atoms with Crippen molar-refractivity contribution < 1.29 is 9.32 Å². The number of aromatic nitrogens is 1. The van der Waals surface area contributed by atoms with E-state index in [2.05, 4.69) is 34.7 Å². The first-order chi connectivity index (χ1) is 12.8. The summed E-state index contributed by atoms with van der Waals surface area (Å²) in [5.74, 6) is 0.585. The summed E-state index contributed by atoms with van der Waals surface area (Å²) in [5.41, 5.74) is 3.97. The fraction of sp³-hybridized carbons (Fsp3) is 0.0476. The molecular weight excluding hydrogens is 344 g/mol. The maximum absolute atomic E-state index is 12.0. The highest BCUT2D eigenvalue weighted by molar-refractivity contribution is 7.12. The first-order valence-corrected chi connectivity index (χ1v) is 9.11. The maximum atomic E-state index is 12.0. The highest BCUT2D eigenvalue weighted by Gasteiger charge is 2.10. The molecule has 0 aliphatic heterocycles. The van der Waals surface area contributed by atoms with Gasteiger partial charge in [-0.25, -0.2) is 0 Å². The summed E-state index contributed by atoms with van der Waals surface area (Å²) in [5, 5.41) is 8.76. The van der Waals surface area contributed by atoms with E-state index >= 15 is 0 Å². The van der Waals surface area contributed by atoms with Crippen LogP contribution < -0.4 is 5.32 Å². The van der Waals surface area contributed by atoms with Gasteiger partial charge in [0.2, 0.25) is 0 Å². The van der Waals surface area contributed by atoms with Gasteiger partial charge in [-0.05, 0) is 22.6 Å². The van der Waals surface area contributed by atoms with Crippen LogP contribution in [0.4, 0.5) is 0 Å². The molecule has 0 atom stereocenters. The highest BCUT2D eigenvalue weighted by Crippen LogP contribution is 2.25. The number of thiophene rings is 1. The second-order valence-electron chi connectivity index (χ2n) is 5.79. The topological polar surface area (TPSA) is 55.1 Å². The van der Waals surface area contributed by atoms with Gasteiger partial charge in [0.15, 0.2) is 5.76 Å². The van der Waals surface area contributed by atoms with Crippen LogP contribution in [0.15, 0.2) is 82.7 Å². The molecule has 0 saturated heterocycles. The molecule has 0 unspecified atom stereocenters. The number of hydrogen-bond donors (Lipinski definition) is 1. The molecule has 0 aliphatic carbocycles. The second kappa shape index (κ2) is 7.37. The first-order valence-electron chi connectivity index (χ1n) is 8.23. The van der Waals surface area contributed by atoms with Crippen LogP contribution in [0.2, 0.25) is 0 Å². The quantitative estimate of drug-likeness (QED) is 0.545. The molecule has 2 heterocycles. The van der Waals surface area contributed by atoms with E-state index in [9.17, 15) is 4.79 Å². The molecule has 0 radical (unpaired) electrons. The van der Waals surface area contributed by atoms with Crippen LogP contribution in [0.5, 0.6) is 0 Å². The third kappa shape index (κ3) is 3.58. The minimum Gasteiger partial charge on any atom is -0.356 e. The van der Waals surface area contributed by atoms with Crippen LogP contribution in [0.1, 0.15) is 15.4 Å². The van der Waals surface area contributed by atoms with Gasteiger partial charge in [0.1, 0.15) is 5.69 Å². The van der Waals surface area contributed by atoms with E-state index in [1.807, 2.05) is 47.8 Å². The van der Waals surface area contributed by atoms with Gasteiger partial charge in [0, 0.05) is 11.6 Å². The van der Waals surface area contributed by atoms with Crippen molar-refractivity contribution in [1.82, 2.24) is 10.5 Å². The molecule has 0 spiro atoms. The van der Waals surface area contributed by atoms with Crippen molar-refractivity contribution in [3.63, 3.8) is 0 Å². The Morgan fingerprint density at radius 3 is 2.38 bits per heavy atom. The van der Waals surface area contributed by atoms with Gasteiger partial charge in [-0.15, -0.1) is 11.3 Å². The number of nitrogens with one attached hydrogen (secondary N) is 1. The monoisotopic (exact) mass is 360 g/mol. The largest absolute Gasteiger partial charge is 0.356 e. The fourth-order valence-electron chi connectivity index (χ4n) is 2.65. The zero-order valence-electron chi connectivity index (χ0n) is 13.9. The third-order valence-corrected chi connectivity index (χ3v) is 4.88. The average molecular weight is 360 g/mol. The van der Waals surface area contributed by atoms with E-state index in [1.54, 1.807) is 6.07 Å². The molecule has 4 rings (SSSR count). The van der Waals surface area contributed by atoms with E-state index in [1.165, 1.54) is 16.9 Å². The summed E-state index contributed by atoms with van der Waals surface area (Å²) in [6.07, 6.45) is 0. The average Bonchev–Trinajstić information content (AvgIpc) is 3.39. The Morgan fingerprint density at radius 2 is 1.65 bits per heavy atom. The fourth-order valence-corrected chi connectivity index (χ4v) is 3.29. The molecule has 26 heavy (non-hydrogen) atoms. The lowest BCUT2D eigenvalue weighted by molar-refractivity contribution is 0.0954. The minimum atomic E-state index is -0.100. The van der Waals surface area contributed by atoms with Crippen molar-refractivity contribution >= 4 is 17.2 Å². The lowest BCUT2D eigenvalue weighted by Crippen LogP contribution is -2.21. The maximum Gasteiger partial charge on any atom is 0.261 e. The van der Waals surface area contributed by atoms with Gasteiger partial charge in [-0.1, -0.05) is 65.8 Å². The van der Waals surface area contributed by atoms with Crippen LogP contribution in [-0.4, -0.2) is 11.1 Å². The van der Waals surface area contributed by atoms with Crippen LogP contribution in [-0.2, 0) is 6.54 Å². The molecular formula is C21H16N2O2S. The molecule has 0 aliphatic rings. The molecule has 4 aromatic rings. The normalized spacial score (nSPS) is 10.6. The van der Waals surface area contributed by atoms with Crippen LogP contribution in [0, 0.1) is 0 Å². The Bertz CT molecular complexity index is 990. The van der Waals surface area contributed by atoms with Gasteiger partial charge in [-0.2, -0.15) is 0 Å². The standard InChI is InChI=1S/C21H16N2O2S/c24-21(20-7-4-12-26-20)22-14-18-13-19(25-23-18)17-10-8-16(9-11-17)15-5-2-1-3-6-15/h1-13H,14H2,(H,22,24). The Morgan fingerprint density at radius 1 is 0.923 bits per heavy atom. The third-order valence-electron chi connectivity index (χ3n) is 4.01. The molecule has 1 N–H and O–H groups in total. The molecule has 2 aromatic carbocycles. The molecule has 5 heteroatoms. The Hall–Kier alpha value is -3.18. The van der Waals surface area contributed by atoms with Crippen LogP contribution >= 0.6 is 11.3 Å². The summed E-state index contributed by atoms with van der Waals surface area (Å²) < 4.78 is 5.42. The Balaban J connectivity index is 1.43. The molecule has 0 fully saturated rings. The summed E-state index contributed by atoms with van der Waals surface area (Å²) in [6.45, 7) is 0.336. The molecule has 4 nitrogen and oxygen atoms in total. The van der Waals surface area contributed by atoms with Gasteiger partial charge in [-0.3, -0.25) is 4.79 Å². The highest BCUT2D eigenvalue weighted by atomic mass is 32.1. The van der Waals surface area contributed by atoms with Crippen molar-refractivity contribution in [1.29, 1.82) is 0 Å². The molecule has 0 bridgehead atoms. The van der Waals surface area contributed by atoms with Crippen molar-refractivity contribution in [3.05, 3.63) is 88.7 Å². The van der Waals surface area contributed by atoms with Gasteiger partial charge in [0.05, 0.1) is 11.4 Å². The van der Waals surface area contributed by atoms with Crippen molar-refractivity contribution in [3.8, 4) is 22.5 Å². The van der Waals surface area contributed by atoms with Crippen molar-refractivity contribution in [2.75, 3.05) is 0 Å². The SMILES string of the molecule is O=C(NCc1cc(-c2ccc(-c3ccccc3)cc2)on1)c1cccs1. The zero-order chi connectivity index (χ0) is 17.8. The first kappa shape index (κ1) is 16.3. The van der Waals surface area contributed by atoms with Crippen LogP contribution in [0.25, 0.3) is 22.5 Å². The number of benzene rings is 2. The Labute approximate surface area is 155 Å². The number of amides is 1. The van der Waals surface area contributed by atoms with Gasteiger partial charge >= 0.3 is 0 Å². The molecule has 0 saturated carbocycles. The van der Waals surface area contributed by atoms with E-state index in [-0.39, 0.29) is 5.91 Å². The smallest absolute Gasteiger partial charge is 0.261 e. The number of rotatable bonds is 5. The van der Waals surface area contributed by atoms with Crippen molar-refractivity contribution in [2.24, 2.45) is 0 Å². The van der Waals surface area contributed by atoms with E-state index < -0.39 is 0 Å². The molecule has 1 amide bonds. The number of hydrogen-bond acceptors (Lipinski definition) is 4. The van der Waals surface area contributed by atoms with E-state index in [4.69, 9.17) is 4.52 Å². The summed E-state index contributed by atoms with van der Waals surface area (Å²) in [6, 6.07) is 23.9.